The molecule has 2 N–H and O–H groups in total. The second kappa shape index (κ2) is 5.22. The molecule has 0 radical (unpaired) electrons. The quantitative estimate of drug-likeness (QED) is 0.733. The van der Waals surface area contributed by atoms with Crippen molar-refractivity contribution in [2.75, 3.05) is 26.4 Å². The average Bonchev–Trinajstić information content (AvgIpc) is 2.39. The van der Waals surface area contributed by atoms with E-state index in [0.717, 1.165) is 13.0 Å². The van der Waals surface area contributed by atoms with Crippen LogP contribution in [0.2, 0.25) is 0 Å². The van der Waals surface area contributed by atoms with E-state index in [9.17, 15) is 8.42 Å². The molecule has 0 aromatic heterocycles. The van der Waals surface area contributed by atoms with Crippen LogP contribution in [0.15, 0.2) is 0 Å². The highest BCUT2D eigenvalue weighted by atomic mass is 32.2. The molecular weight excluding hydrogens is 238 g/mol. The molecule has 0 spiro atoms. The van der Waals surface area contributed by atoms with E-state index < -0.39 is 15.6 Å². The fraction of sp³-hybridized carbons (Fsp3) is 1.00. The summed E-state index contributed by atoms with van der Waals surface area (Å²) < 4.78 is 25.0. The number of likely N-dealkylation sites (tertiary alicyclic amines) is 1. The highest BCUT2D eigenvalue weighted by Gasteiger charge is 2.28. The third-order valence-corrected chi connectivity index (χ3v) is 4.10. The summed E-state index contributed by atoms with van der Waals surface area (Å²) in [6.07, 6.45) is 2.31. The van der Waals surface area contributed by atoms with Crippen LogP contribution >= 0.6 is 0 Å². The Morgan fingerprint density at radius 1 is 1.41 bits per heavy atom. The third kappa shape index (κ3) is 5.33. The van der Waals surface area contributed by atoms with Crippen LogP contribution in [0.4, 0.5) is 0 Å². The van der Waals surface area contributed by atoms with E-state index in [1.807, 2.05) is 13.8 Å². The van der Waals surface area contributed by atoms with Crippen molar-refractivity contribution < 1.29 is 8.42 Å². The van der Waals surface area contributed by atoms with Gasteiger partial charge in [-0.1, -0.05) is 0 Å². The van der Waals surface area contributed by atoms with Gasteiger partial charge in [-0.3, -0.25) is 0 Å². The van der Waals surface area contributed by atoms with Gasteiger partial charge in [-0.2, -0.15) is 0 Å². The van der Waals surface area contributed by atoms with E-state index in [1.54, 1.807) is 0 Å². The number of hydrogen-bond acceptors (Lipinski definition) is 4. The molecule has 1 aliphatic rings. The van der Waals surface area contributed by atoms with Crippen molar-refractivity contribution in [2.45, 2.75) is 44.8 Å². The van der Waals surface area contributed by atoms with Gasteiger partial charge in [0.25, 0.3) is 0 Å². The molecule has 1 fully saturated rings. The van der Waals surface area contributed by atoms with Crippen molar-refractivity contribution >= 4 is 10.0 Å². The van der Waals surface area contributed by atoms with Crippen molar-refractivity contribution in [1.82, 2.24) is 14.9 Å². The van der Waals surface area contributed by atoms with Crippen LogP contribution in [0.5, 0.6) is 0 Å². The maximum Gasteiger partial charge on any atom is 0.209 e. The van der Waals surface area contributed by atoms with E-state index >= 15 is 0 Å². The molecule has 0 aliphatic carbocycles. The normalized spacial score (nSPS) is 27.6. The van der Waals surface area contributed by atoms with Crippen LogP contribution in [-0.4, -0.2) is 57.3 Å². The van der Waals surface area contributed by atoms with E-state index in [0.29, 0.717) is 18.6 Å². The summed E-state index contributed by atoms with van der Waals surface area (Å²) in [4.78, 5) is 2.31. The topological polar surface area (TPSA) is 61.4 Å². The highest BCUT2D eigenvalue weighted by molar-refractivity contribution is 7.88. The van der Waals surface area contributed by atoms with Crippen LogP contribution in [0.25, 0.3) is 0 Å². The fourth-order valence-corrected chi connectivity index (χ4v) is 3.36. The van der Waals surface area contributed by atoms with Crippen LogP contribution < -0.4 is 10.0 Å². The maximum absolute atomic E-state index is 11.2. The molecule has 102 valence electrons. The molecule has 5 nitrogen and oxygen atoms in total. The Kier molecular flexibility index (Phi) is 4.57. The van der Waals surface area contributed by atoms with Crippen LogP contribution in [0.1, 0.15) is 27.2 Å². The molecule has 1 heterocycles. The Bertz CT molecular complexity index is 344. The van der Waals surface area contributed by atoms with Crippen LogP contribution in [0.3, 0.4) is 0 Å². The summed E-state index contributed by atoms with van der Waals surface area (Å²) in [5, 5.41) is 3.44. The lowest BCUT2D eigenvalue weighted by molar-refractivity contribution is 0.323. The Hall–Kier alpha value is -0.170. The number of hydrogen-bond donors (Lipinski definition) is 2. The Morgan fingerprint density at radius 2 is 2.00 bits per heavy atom. The third-order valence-electron chi connectivity index (χ3n) is 3.18. The predicted molar refractivity (Wildman–Crippen MR) is 70.6 cm³/mol. The highest BCUT2D eigenvalue weighted by Crippen LogP contribution is 2.15. The molecule has 17 heavy (non-hydrogen) atoms. The first kappa shape index (κ1) is 14.9. The molecule has 0 aromatic carbocycles. The van der Waals surface area contributed by atoms with Crippen molar-refractivity contribution in [3.8, 4) is 0 Å². The van der Waals surface area contributed by atoms with Crippen molar-refractivity contribution in [2.24, 2.45) is 0 Å². The molecule has 2 atom stereocenters. The van der Waals surface area contributed by atoms with Gasteiger partial charge in [0.1, 0.15) is 0 Å². The molecule has 2 unspecified atom stereocenters. The van der Waals surface area contributed by atoms with E-state index in [4.69, 9.17) is 0 Å². The molecule has 0 aromatic rings. The minimum Gasteiger partial charge on any atom is -0.311 e. The molecule has 6 heteroatoms. The lowest BCUT2D eigenvalue weighted by atomic mass is 10.1. The summed E-state index contributed by atoms with van der Waals surface area (Å²) in [6, 6.07) is 1.05. The second-order valence-corrected chi connectivity index (χ2v) is 7.61. The van der Waals surface area contributed by atoms with Gasteiger partial charge in [0.2, 0.25) is 10.0 Å². The van der Waals surface area contributed by atoms with E-state index in [2.05, 4.69) is 28.9 Å². The molecule has 0 amide bonds. The van der Waals surface area contributed by atoms with Crippen LogP contribution in [-0.2, 0) is 10.0 Å². The first-order chi connectivity index (χ1) is 7.59. The van der Waals surface area contributed by atoms with E-state index in [1.165, 1.54) is 6.26 Å². The maximum atomic E-state index is 11.2. The standard InChI is InChI=1S/C11H25N3O2S/c1-9-6-10(7-14(9)4)12-8-11(2,3)13-17(5,15)16/h9-10,12-13H,6-8H2,1-5H3. The number of rotatable bonds is 5. The van der Waals surface area contributed by atoms with Gasteiger partial charge in [0, 0.05) is 30.7 Å². The number of nitrogens with one attached hydrogen (secondary N) is 2. The van der Waals surface area contributed by atoms with E-state index in [-0.39, 0.29) is 0 Å². The monoisotopic (exact) mass is 263 g/mol. The number of sulfonamides is 1. The van der Waals surface area contributed by atoms with Gasteiger partial charge in [-0.15, -0.1) is 0 Å². The first-order valence-electron chi connectivity index (χ1n) is 6.02. The van der Waals surface area contributed by atoms with Crippen LogP contribution in [0, 0.1) is 0 Å². The molecule has 1 saturated heterocycles. The number of nitrogens with zero attached hydrogens (tertiary/aromatic N) is 1. The fourth-order valence-electron chi connectivity index (χ4n) is 2.28. The predicted octanol–water partition coefficient (Wildman–Crippen LogP) is -0.00360. The lowest BCUT2D eigenvalue weighted by Crippen LogP contribution is -2.52. The van der Waals surface area contributed by atoms with Gasteiger partial charge >= 0.3 is 0 Å². The largest absolute Gasteiger partial charge is 0.311 e. The SMILES string of the molecule is CC1CC(NCC(C)(C)NS(C)(=O)=O)CN1C. The van der Waals surface area contributed by atoms with Gasteiger partial charge in [-0.05, 0) is 34.2 Å². The second-order valence-electron chi connectivity index (χ2n) is 5.86. The zero-order chi connectivity index (χ0) is 13.3. The lowest BCUT2D eigenvalue weighted by Gasteiger charge is -2.27. The summed E-state index contributed by atoms with van der Waals surface area (Å²) >= 11 is 0. The summed E-state index contributed by atoms with van der Waals surface area (Å²) in [7, 11) is -1.03. The first-order valence-corrected chi connectivity index (χ1v) is 7.91. The molecule has 0 bridgehead atoms. The smallest absolute Gasteiger partial charge is 0.209 e. The molecule has 1 rings (SSSR count). The summed E-state index contributed by atoms with van der Waals surface area (Å²) in [6.45, 7) is 7.66. The Labute approximate surface area is 105 Å². The van der Waals surface area contributed by atoms with Gasteiger partial charge in [-0.25, -0.2) is 13.1 Å². The Morgan fingerprint density at radius 3 is 2.41 bits per heavy atom. The molecular formula is C11H25N3O2S. The minimum atomic E-state index is -3.15. The van der Waals surface area contributed by atoms with Gasteiger partial charge in [0.05, 0.1) is 6.26 Å². The van der Waals surface area contributed by atoms with Gasteiger partial charge < -0.3 is 10.2 Å². The summed E-state index contributed by atoms with van der Waals surface area (Å²) in [5.74, 6) is 0. The summed E-state index contributed by atoms with van der Waals surface area (Å²) in [5.41, 5.74) is -0.446. The Balaban J connectivity index is 2.40. The number of likely N-dealkylation sites (N-methyl/N-ethyl adjacent to an activating group) is 1. The van der Waals surface area contributed by atoms with Crippen molar-refractivity contribution in [1.29, 1.82) is 0 Å². The zero-order valence-electron chi connectivity index (χ0n) is 11.4. The van der Waals surface area contributed by atoms with Gasteiger partial charge in [0.15, 0.2) is 0 Å². The average molecular weight is 263 g/mol. The molecule has 1 aliphatic heterocycles. The van der Waals surface area contributed by atoms with Crippen molar-refractivity contribution in [3.05, 3.63) is 0 Å². The van der Waals surface area contributed by atoms with Crippen molar-refractivity contribution in [3.63, 3.8) is 0 Å². The zero-order valence-corrected chi connectivity index (χ0v) is 12.3. The molecule has 0 saturated carbocycles. The minimum absolute atomic E-state index is 0.446.